The summed E-state index contributed by atoms with van der Waals surface area (Å²) in [4.78, 5) is 11.4. The average Bonchev–Trinajstić information content (AvgIpc) is 2.99. The summed E-state index contributed by atoms with van der Waals surface area (Å²) >= 11 is 11.1. The van der Waals surface area contributed by atoms with Gasteiger partial charge in [0.25, 0.3) is 5.91 Å². The highest BCUT2D eigenvalue weighted by atomic mass is 35.5. The van der Waals surface area contributed by atoms with E-state index >= 15 is 0 Å². The Balaban J connectivity index is 2.61. The molecule has 16 heteroatoms. The lowest BCUT2D eigenvalue weighted by atomic mass is 10.2. The molecular weight excluding hydrogens is 525 g/mol. The van der Waals surface area contributed by atoms with Crippen LogP contribution in [-0.4, -0.2) is 48.1 Å². The van der Waals surface area contributed by atoms with Crippen LogP contribution >= 0.6 is 35.0 Å². The highest BCUT2D eigenvalue weighted by Crippen LogP contribution is 2.45. The Kier molecular flexibility index (Phi) is 8.88. The van der Waals surface area contributed by atoms with Gasteiger partial charge in [-0.2, -0.15) is 36.7 Å². The Morgan fingerprint density at radius 1 is 1.21 bits per heavy atom. The summed E-state index contributed by atoms with van der Waals surface area (Å²) < 4.78 is 88.7. The van der Waals surface area contributed by atoms with Crippen LogP contribution in [-0.2, 0) is 20.4 Å². The van der Waals surface area contributed by atoms with Gasteiger partial charge in [-0.1, -0.05) is 23.2 Å². The van der Waals surface area contributed by atoms with E-state index in [9.17, 15) is 36.4 Å². The second-order valence-corrected chi connectivity index (χ2v) is 7.87. The standard InChI is InChI=1S/C17H12Cl2F6N4O3S/c1-31-2-3-32-7-12(30)27-15-14(33-17(23,24)25)11(6-26)28-29(15)13-9(18)4-8(5-10(13)19)16(20,21)22/h4-5H,2-3,7H2,1H3,(H,27,30). The lowest BCUT2D eigenvalue weighted by Gasteiger charge is -2.16. The molecule has 0 spiro atoms. The lowest BCUT2D eigenvalue weighted by molar-refractivity contribution is -0.137. The van der Waals surface area contributed by atoms with Crippen LogP contribution < -0.4 is 5.32 Å². The SMILES string of the molecule is COCCOCC(=O)Nc1c(SC(F)(F)F)c(C#N)nn1-c1c(Cl)cc(C(F)(F)F)cc1Cl. The molecule has 0 atom stereocenters. The predicted molar refractivity (Wildman–Crippen MR) is 107 cm³/mol. The fourth-order valence-electron chi connectivity index (χ4n) is 2.37. The van der Waals surface area contributed by atoms with Gasteiger partial charge in [0.15, 0.2) is 11.5 Å². The van der Waals surface area contributed by atoms with E-state index in [1.165, 1.54) is 13.2 Å². The van der Waals surface area contributed by atoms with Gasteiger partial charge in [-0.3, -0.25) is 4.79 Å². The fraction of sp³-hybridized carbons (Fsp3) is 0.353. The molecule has 1 aromatic heterocycles. The van der Waals surface area contributed by atoms with Gasteiger partial charge in [0, 0.05) is 7.11 Å². The zero-order chi connectivity index (χ0) is 25.0. The largest absolute Gasteiger partial charge is 0.446 e. The first kappa shape index (κ1) is 27.1. The van der Waals surface area contributed by atoms with Gasteiger partial charge >= 0.3 is 11.7 Å². The van der Waals surface area contributed by atoms with Gasteiger partial charge in [-0.05, 0) is 23.9 Å². The maximum atomic E-state index is 13.1. The third-order valence-electron chi connectivity index (χ3n) is 3.64. The van der Waals surface area contributed by atoms with Crippen LogP contribution in [0.1, 0.15) is 11.3 Å². The number of benzene rings is 1. The number of aromatic nitrogens is 2. The summed E-state index contributed by atoms with van der Waals surface area (Å²) in [5.41, 5.74) is -7.38. The molecule has 0 saturated heterocycles. The summed E-state index contributed by atoms with van der Waals surface area (Å²) in [7, 11) is 1.38. The van der Waals surface area contributed by atoms with Gasteiger partial charge in [-0.15, -0.1) is 0 Å². The number of amides is 1. The Hall–Kier alpha value is -2.18. The highest BCUT2D eigenvalue weighted by molar-refractivity contribution is 8.00. The van der Waals surface area contributed by atoms with E-state index in [1.807, 2.05) is 0 Å². The molecule has 0 radical (unpaired) electrons. The summed E-state index contributed by atoms with van der Waals surface area (Å²) in [6, 6.07) is 2.40. The first-order chi connectivity index (χ1) is 15.3. The van der Waals surface area contributed by atoms with E-state index in [2.05, 4.69) is 10.4 Å². The molecule has 33 heavy (non-hydrogen) atoms. The van der Waals surface area contributed by atoms with Gasteiger partial charge < -0.3 is 14.8 Å². The molecule has 0 bridgehead atoms. The topological polar surface area (TPSA) is 89.2 Å². The molecule has 1 N–H and O–H groups in total. The van der Waals surface area contributed by atoms with Crippen molar-refractivity contribution in [3.05, 3.63) is 33.4 Å². The second kappa shape index (κ2) is 10.8. The van der Waals surface area contributed by atoms with E-state index in [4.69, 9.17) is 32.7 Å². The molecule has 7 nitrogen and oxygen atoms in total. The molecular formula is C17H12Cl2F6N4O3S. The third-order valence-corrected chi connectivity index (χ3v) is 5.04. The molecule has 180 valence electrons. The van der Waals surface area contributed by atoms with Crippen molar-refractivity contribution < 1.29 is 40.6 Å². The number of nitrogens with zero attached hydrogens (tertiary/aromatic N) is 3. The number of carbonyl (C=O) groups is 1. The number of methoxy groups -OCH3 is 1. The minimum absolute atomic E-state index is 0.00660. The summed E-state index contributed by atoms with van der Waals surface area (Å²) in [5.74, 6) is -1.63. The molecule has 1 amide bonds. The van der Waals surface area contributed by atoms with E-state index < -0.39 is 73.7 Å². The number of halogens is 8. The molecule has 0 fully saturated rings. The van der Waals surface area contributed by atoms with E-state index in [0.717, 1.165) is 0 Å². The molecule has 0 aliphatic heterocycles. The van der Waals surface area contributed by atoms with E-state index in [-0.39, 0.29) is 13.2 Å². The van der Waals surface area contributed by atoms with Gasteiger partial charge in [-0.25, -0.2) is 4.68 Å². The molecule has 0 aliphatic carbocycles. The summed E-state index contributed by atoms with van der Waals surface area (Å²) in [6.07, 6.45) is -4.82. The zero-order valence-corrected chi connectivity index (χ0v) is 18.6. The quantitative estimate of drug-likeness (QED) is 0.280. The Labute approximate surface area is 196 Å². The Morgan fingerprint density at radius 3 is 2.30 bits per heavy atom. The van der Waals surface area contributed by atoms with Crippen molar-refractivity contribution >= 4 is 46.7 Å². The second-order valence-electron chi connectivity index (χ2n) is 5.98. The normalized spacial score (nSPS) is 12.0. The molecule has 1 heterocycles. The average molecular weight is 537 g/mol. The van der Waals surface area contributed by atoms with Crippen molar-refractivity contribution in [1.29, 1.82) is 5.26 Å². The minimum atomic E-state index is -4.90. The fourth-order valence-corrected chi connectivity index (χ4v) is 3.66. The lowest BCUT2D eigenvalue weighted by Crippen LogP contribution is -2.22. The van der Waals surface area contributed by atoms with Gasteiger partial charge in [0.2, 0.25) is 0 Å². The smallest absolute Gasteiger partial charge is 0.382 e. The van der Waals surface area contributed by atoms with Crippen molar-refractivity contribution in [2.24, 2.45) is 0 Å². The number of anilines is 1. The third kappa shape index (κ3) is 7.15. The van der Waals surface area contributed by atoms with E-state index in [0.29, 0.717) is 16.8 Å². The Morgan fingerprint density at radius 2 is 1.82 bits per heavy atom. The molecule has 0 aliphatic rings. The van der Waals surface area contributed by atoms with E-state index in [1.54, 1.807) is 0 Å². The summed E-state index contributed by atoms with van der Waals surface area (Å²) in [5, 5.41) is 13.8. The monoisotopic (exact) mass is 536 g/mol. The molecule has 2 rings (SSSR count). The van der Waals surface area contributed by atoms with Crippen LogP contribution in [0.25, 0.3) is 5.69 Å². The van der Waals surface area contributed by atoms with Crippen LogP contribution in [0.15, 0.2) is 17.0 Å². The van der Waals surface area contributed by atoms with Gasteiger partial charge in [0.05, 0.1) is 33.7 Å². The van der Waals surface area contributed by atoms with Crippen LogP contribution in [0, 0.1) is 11.3 Å². The maximum absolute atomic E-state index is 13.1. The van der Waals surface area contributed by atoms with Crippen LogP contribution in [0.3, 0.4) is 0 Å². The molecule has 1 aromatic carbocycles. The number of carbonyl (C=O) groups excluding carboxylic acids is 1. The van der Waals surface area contributed by atoms with Crippen molar-refractivity contribution in [3.8, 4) is 11.8 Å². The van der Waals surface area contributed by atoms with Crippen LogP contribution in [0.4, 0.5) is 32.2 Å². The first-order valence-electron chi connectivity index (χ1n) is 8.50. The predicted octanol–water partition coefficient (Wildman–Crippen LogP) is 5.28. The molecule has 2 aromatic rings. The zero-order valence-electron chi connectivity index (χ0n) is 16.3. The maximum Gasteiger partial charge on any atom is 0.446 e. The number of alkyl halides is 6. The van der Waals surface area contributed by atoms with Crippen molar-refractivity contribution in [2.75, 3.05) is 32.2 Å². The van der Waals surface area contributed by atoms with Crippen molar-refractivity contribution in [1.82, 2.24) is 9.78 Å². The number of hydrogen-bond acceptors (Lipinski definition) is 6. The number of nitriles is 1. The number of thioether (sulfide) groups is 1. The summed E-state index contributed by atoms with van der Waals surface area (Å²) in [6.45, 7) is -0.482. The molecule has 0 unspecified atom stereocenters. The van der Waals surface area contributed by atoms with Crippen LogP contribution in [0.2, 0.25) is 10.0 Å². The Bertz CT molecular complexity index is 1050. The number of hydrogen-bond donors (Lipinski definition) is 1. The minimum Gasteiger partial charge on any atom is -0.382 e. The number of ether oxygens (including phenoxy) is 2. The number of rotatable bonds is 8. The van der Waals surface area contributed by atoms with Crippen molar-refractivity contribution in [2.45, 2.75) is 16.6 Å². The van der Waals surface area contributed by atoms with Crippen LogP contribution in [0.5, 0.6) is 0 Å². The van der Waals surface area contributed by atoms with Crippen molar-refractivity contribution in [3.63, 3.8) is 0 Å². The molecule has 0 saturated carbocycles. The number of nitrogens with one attached hydrogen (secondary N) is 1. The highest BCUT2D eigenvalue weighted by Gasteiger charge is 2.37. The first-order valence-corrected chi connectivity index (χ1v) is 10.1. The van der Waals surface area contributed by atoms with Gasteiger partial charge in [0.1, 0.15) is 18.4 Å².